The molecule has 1 aliphatic rings. The summed E-state index contributed by atoms with van der Waals surface area (Å²) >= 11 is 0. The maximum Gasteiger partial charge on any atom is 0.246 e. The second kappa shape index (κ2) is 5.60. The maximum absolute atomic E-state index is 14.2. The first kappa shape index (κ1) is 16.3. The van der Waals surface area contributed by atoms with Gasteiger partial charge in [-0.05, 0) is 26.0 Å². The van der Waals surface area contributed by atoms with Crippen molar-refractivity contribution in [3.05, 3.63) is 29.3 Å². The molecule has 0 aliphatic carbocycles. The fraction of sp³-hybridized carbons (Fsp3) is 0.538. The molecule has 0 saturated carbocycles. The molecule has 2 rings (SSSR count). The van der Waals surface area contributed by atoms with Crippen LogP contribution < -0.4 is 0 Å². The van der Waals surface area contributed by atoms with Crippen LogP contribution in [0, 0.1) is 11.6 Å². The Morgan fingerprint density at radius 2 is 2.05 bits per heavy atom. The predicted octanol–water partition coefficient (Wildman–Crippen LogP) is 1.26. The van der Waals surface area contributed by atoms with E-state index in [4.69, 9.17) is 9.84 Å². The molecule has 1 N–H and O–H groups in total. The van der Waals surface area contributed by atoms with Gasteiger partial charge in [-0.1, -0.05) is 0 Å². The molecule has 0 radical (unpaired) electrons. The van der Waals surface area contributed by atoms with Crippen LogP contribution in [0.2, 0.25) is 0 Å². The van der Waals surface area contributed by atoms with E-state index < -0.39 is 44.3 Å². The maximum atomic E-state index is 14.2. The molecule has 1 fully saturated rings. The van der Waals surface area contributed by atoms with E-state index in [2.05, 4.69) is 0 Å². The number of aliphatic hydroxyl groups is 1. The standard InChI is InChI=1S/C13H17F2NO4S/c1-13(2)8-20-6-5-16(13)21(18,19)11-4-3-10(14)9(7-17)12(11)15/h3-4,17H,5-8H2,1-2H3. The highest BCUT2D eigenvalue weighted by molar-refractivity contribution is 7.89. The van der Waals surface area contributed by atoms with Crippen molar-refractivity contribution in [2.45, 2.75) is 30.9 Å². The van der Waals surface area contributed by atoms with Crippen molar-refractivity contribution in [3.63, 3.8) is 0 Å². The number of hydrogen-bond acceptors (Lipinski definition) is 4. The molecule has 118 valence electrons. The number of rotatable bonds is 3. The van der Waals surface area contributed by atoms with Crippen LogP contribution in [0.3, 0.4) is 0 Å². The van der Waals surface area contributed by atoms with Gasteiger partial charge in [-0.25, -0.2) is 17.2 Å². The fourth-order valence-electron chi connectivity index (χ4n) is 2.33. The first-order valence-electron chi connectivity index (χ1n) is 6.40. The predicted molar refractivity (Wildman–Crippen MR) is 71.1 cm³/mol. The van der Waals surface area contributed by atoms with E-state index in [1.54, 1.807) is 13.8 Å². The summed E-state index contributed by atoms with van der Waals surface area (Å²) in [6.07, 6.45) is 0. The molecule has 1 heterocycles. The molecule has 1 aromatic carbocycles. The van der Waals surface area contributed by atoms with Crippen LogP contribution in [0.25, 0.3) is 0 Å². The highest BCUT2D eigenvalue weighted by Gasteiger charge is 2.41. The van der Waals surface area contributed by atoms with Crippen LogP contribution in [0.15, 0.2) is 17.0 Å². The average Bonchev–Trinajstić information content (AvgIpc) is 2.38. The van der Waals surface area contributed by atoms with E-state index in [0.717, 1.165) is 16.4 Å². The monoisotopic (exact) mass is 321 g/mol. The molecule has 1 saturated heterocycles. The molecule has 1 aliphatic heterocycles. The van der Waals surface area contributed by atoms with Gasteiger partial charge in [0, 0.05) is 6.54 Å². The second-order valence-corrected chi connectivity index (χ2v) is 7.27. The molecule has 5 nitrogen and oxygen atoms in total. The SMILES string of the molecule is CC1(C)COCCN1S(=O)(=O)c1ccc(F)c(CO)c1F. The Labute approximate surface area is 122 Å². The number of nitrogens with zero attached hydrogens (tertiary/aromatic N) is 1. The number of hydrogen-bond donors (Lipinski definition) is 1. The molecular weight excluding hydrogens is 304 g/mol. The Morgan fingerprint density at radius 1 is 1.38 bits per heavy atom. The highest BCUT2D eigenvalue weighted by atomic mass is 32.2. The van der Waals surface area contributed by atoms with Crippen molar-refractivity contribution < 1.29 is 27.0 Å². The quantitative estimate of drug-likeness (QED) is 0.910. The Morgan fingerprint density at radius 3 is 2.62 bits per heavy atom. The van der Waals surface area contributed by atoms with Gasteiger partial charge in [0.05, 0.1) is 30.9 Å². The van der Waals surface area contributed by atoms with E-state index in [1.165, 1.54) is 0 Å². The average molecular weight is 321 g/mol. The zero-order valence-corrected chi connectivity index (χ0v) is 12.6. The Bertz CT molecular complexity index is 646. The fourth-order valence-corrected chi connectivity index (χ4v) is 4.17. The zero-order valence-electron chi connectivity index (χ0n) is 11.8. The van der Waals surface area contributed by atoms with Gasteiger partial charge in [0.1, 0.15) is 10.7 Å². The minimum atomic E-state index is -4.15. The summed E-state index contributed by atoms with van der Waals surface area (Å²) in [6.45, 7) is 2.89. The second-order valence-electron chi connectivity index (χ2n) is 5.44. The van der Waals surface area contributed by atoms with Crippen LogP contribution in [0.4, 0.5) is 8.78 Å². The number of morpholine rings is 1. The lowest BCUT2D eigenvalue weighted by Crippen LogP contribution is -2.55. The van der Waals surface area contributed by atoms with Crippen LogP contribution in [-0.2, 0) is 21.4 Å². The largest absolute Gasteiger partial charge is 0.391 e. The number of ether oxygens (including phenoxy) is 1. The molecule has 1 aromatic rings. The molecule has 8 heteroatoms. The van der Waals surface area contributed by atoms with E-state index in [9.17, 15) is 17.2 Å². The molecular formula is C13H17F2NO4S. The summed E-state index contributed by atoms with van der Waals surface area (Å²) in [7, 11) is -4.15. The number of halogens is 2. The number of benzene rings is 1. The third-order valence-electron chi connectivity index (χ3n) is 3.45. The minimum Gasteiger partial charge on any atom is -0.391 e. The third-order valence-corrected chi connectivity index (χ3v) is 5.57. The van der Waals surface area contributed by atoms with E-state index in [1.807, 2.05) is 0 Å². The van der Waals surface area contributed by atoms with Gasteiger partial charge in [0.25, 0.3) is 0 Å². The lowest BCUT2D eigenvalue weighted by Gasteiger charge is -2.40. The molecule has 21 heavy (non-hydrogen) atoms. The van der Waals surface area contributed by atoms with E-state index in [0.29, 0.717) is 0 Å². The summed E-state index contributed by atoms with van der Waals surface area (Å²) in [4.78, 5) is -0.636. The van der Waals surface area contributed by atoms with E-state index in [-0.39, 0.29) is 19.8 Å². The molecule has 0 bridgehead atoms. The Hall–Kier alpha value is -1.09. The molecule has 0 atom stereocenters. The van der Waals surface area contributed by atoms with Crippen molar-refractivity contribution in [3.8, 4) is 0 Å². The third kappa shape index (κ3) is 2.80. The number of aliphatic hydroxyl groups excluding tert-OH is 1. The highest BCUT2D eigenvalue weighted by Crippen LogP contribution is 2.30. The van der Waals surface area contributed by atoms with Gasteiger partial charge in [0.15, 0.2) is 5.82 Å². The van der Waals surface area contributed by atoms with Crippen LogP contribution >= 0.6 is 0 Å². The normalized spacial score (nSPS) is 19.7. The van der Waals surface area contributed by atoms with Crippen molar-refractivity contribution in [1.82, 2.24) is 4.31 Å². The first-order valence-corrected chi connectivity index (χ1v) is 7.84. The first-order chi connectivity index (χ1) is 9.71. The molecule has 0 unspecified atom stereocenters. The number of sulfonamides is 1. The Kier molecular flexibility index (Phi) is 4.34. The van der Waals surface area contributed by atoms with Crippen molar-refractivity contribution in [1.29, 1.82) is 0 Å². The van der Waals surface area contributed by atoms with Gasteiger partial charge in [-0.15, -0.1) is 0 Å². The van der Waals surface area contributed by atoms with Gasteiger partial charge >= 0.3 is 0 Å². The lowest BCUT2D eigenvalue weighted by molar-refractivity contribution is -0.00780. The lowest BCUT2D eigenvalue weighted by atomic mass is 10.1. The molecule has 0 amide bonds. The summed E-state index contributed by atoms with van der Waals surface area (Å²) < 4.78 is 59.2. The van der Waals surface area contributed by atoms with Crippen molar-refractivity contribution in [2.75, 3.05) is 19.8 Å². The summed E-state index contributed by atoms with van der Waals surface area (Å²) in [5.41, 5.74) is -1.49. The van der Waals surface area contributed by atoms with Gasteiger partial charge < -0.3 is 9.84 Å². The van der Waals surface area contributed by atoms with Gasteiger partial charge in [-0.3, -0.25) is 0 Å². The van der Waals surface area contributed by atoms with Crippen LogP contribution in [0.5, 0.6) is 0 Å². The van der Waals surface area contributed by atoms with Crippen molar-refractivity contribution in [2.24, 2.45) is 0 Å². The van der Waals surface area contributed by atoms with Gasteiger partial charge in [-0.2, -0.15) is 4.31 Å². The summed E-state index contributed by atoms with van der Waals surface area (Å²) in [6, 6.07) is 1.72. The van der Waals surface area contributed by atoms with Crippen LogP contribution in [-0.4, -0.2) is 43.1 Å². The molecule has 0 spiro atoms. The van der Waals surface area contributed by atoms with Crippen LogP contribution in [0.1, 0.15) is 19.4 Å². The topological polar surface area (TPSA) is 66.8 Å². The summed E-state index contributed by atoms with van der Waals surface area (Å²) in [5, 5.41) is 8.99. The Balaban J connectivity index is 2.54. The zero-order chi connectivity index (χ0) is 15.8. The summed E-state index contributed by atoms with van der Waals surface area (Å²) in [5.74, 6) is -2.23. The minimum absolute atomic E-state index is 0.0839. The van der Waals surface area contributed by atoms with E-state index >= 15 is 0 Å². The smallest absolute Gasteiger partial charge is 0.246 e. The van der Waals surface area contributed by atoms with Crippen molar-refractivity contribution >= 4 is 10.0 Å². The molecule has 0 aromatic heterocycles. The van der Waals surface area contributed by atoms with Gasteiger partial charge in [0.2, 0.25) is 10.0 Å².